The number of pyridine rings is 1. The summed E-state index contributed by atoms with van der Waals surface area (Å²) in [5.74, 6) is 1.38. The standard InChI is InChI=1S/C12H16ClN/c1-7-4-8(2)10-6-9(3)12(13)14-11(10)5-7/h6-8H,4-5H2,1-3H3. The lowest BCUT2D eigenvalue weighted by atomic mass is 9.80. The van der Waals surface area contributed by atoms with Gasteiger partial charge in [0, 0.05) is 5.69 Å². The maximum atomic E-state index is 6.03. The summed E-state index contributed by atoms with van der Waals surface area (Å²) in [5, 5.41) is 0.671. The molecule has 0 spiro atoms. The van der Waals surface area contributed by atoms with Crippen molar-refractivity contribution in [1.82, 2.24) is 4.98 Å². The minimum Gasteiger partial charge on any atom is -0.241 e. The van der Waals surface area contributed by atoms with Gasteiger partial charge in [-0.1, -0.05) is 31.5 Å². The van der Waals surface area contributed by atoms with E-state index in [1.165, 1.54) is 17.7 Å². The second kappa shape index (κ2) is 3.54. The first-order valence-corrected chi connectivity index (χ1v) is 5.61. The topological polar surface area (TPSA) is 12.9 Å². The van der Waals surface area contributed by atoms with E-state index in [1.54, 1.807) is 0 Å². The molecule has 0 saturated carbocycles. The Balaban J connectivity index is 2.49. The molecule has 1 aliphatic carbocycles. The van der Waals surface area contributed by atoms with Gasteiger partial charge < -0.3 is 0 Å². The molecule has 2 rings (SSSR count). The molecule has 2 unspecified atom stereocenters. The van der Waals surface area contributed by atoms with E-state index in [0.29, 0.717) is 11.1 Å². The third-order valence-corrected chi connectivity index (χ3v) is 3.48. The first kappa shape index (κ1) is 9.97. The normalized spacial score (nSPS) is 26.0. The Morgan fingerprint density at radius 1 is 1.43 bits per heavy atom. The van der Waals surface area contributed by atoms with Crippen LogP contribution in [0.25, 0.3) is 0 Å². The predicted octanol–water partition coefficient (Wildman–Crippen LogP) is 3.73. The molecule has 76 valence electrons. The Morgan fingerprint density at radius 3 is 2.86 bits per heavy atom. The second-order valence-corrected chi connectivity index (χ2v) is 4.94. The van der Waals surface area contributed by atoms with Gasteiger partial charge in [-0.15, -0.1) is 0 Å². The number of aryl methyl sites for hydroxylation is 1. The van der Waals surface area contributed by atoms with Crippen molar-refractivity contribution in [1.29, 1.82) is 0 Å². The van der Waals surface area contributed by atoms with Crippen LogP contribution in [0, 0.1) is 12.8 Å². The van der Waals surface area contributed by atoms with Crippen LogP contribution in [-0.4, -0.2) is 4.98 Å². The van der Waals surface area contributed by atoms with Crippen LogP contribution in [0.15, 0.2) is 6.07 Å². The van der Waals surface area contributed by atoms with E-state index in [1.807, 2.05) is 6.92 Å². The molecule has 1 aromatic heterocycles. The molecule has 0 aliphatic heterocycles. The van der Waals surface area contributed by atoms with Gasteiger partial charge in [0.05, 0.1) is 0 Å². The predicted molar refractivity (Wildman–Crippen MR) is 59.9 cm³/mol. The average Bonchev–Trinajstić information content (AvgIpc) is 2.08. The van der Waals surface area contributed by atoms with Crippen LogP contribution in [0.1, 0.15) is 43.0 Å². The van der Waals surface area contributed by atoms with Crippen molar-refractivity contribution in [3.05, 3.63) is 28.0 Å². The average molecular weight is 210 g/mol. The molecule has 0 N–H and O–H groups in total. The van der Waals surface area contributed by atoms with E-state index in [4.69, 9.17) is 11.6 Å². The van der Waals surface area contributed by atoms with Crippen molar-refractivity contribution in [2.24, 2.45) is 5.92 Å². The molecule has 2 heteroatoms. The first-order valence-electron chi connectivity index (χ1n) is 5.24. The smallest absolute Gasteiger partial charge is 0.132 e. The summed E-state index contributed by atoms with van der Waals surface area (Å²) in [6, 6.07) is 2.21. The summed E-state index contributed by atoms with van der Waals surface area (Å²) in [6.07, 6.45) is 2.36. The molecular formula is C12H16ClN. The van der Waals surface area contributed by atoms with Crippen molar-refractivity contribution in [3.8, 4) is 0 Å². The maximum absolute atomic E-state index is 6.03. The van der Waals surface area contributed by atoms with Gasteiger partial charge in [-0.25, -0.2) is 4.98 Å². The highest BCUT2D eigenvalue weighted by atomic mass is 35.5. The molecule has 14 heavy (non-hydrogen) atoms. The lowest BCUT2D eigenvalue weighted by molar-refractivity contribution is 0.442. The van der Waals surface area contributed by atoms with Crippen LogP contribution in [0.2, 0.25) is 5.15 Å². The molecule has 1 aliphatic rings. The van der Waals surface area contributed by atoms with Gasteiger partial charge in [-0.05, 0) is 42.7 Å². The first-order chi connectivity index (χ1) is 6.58. The fourth-order valence-electron chi connectivity index (χ4n) is 2.38. The minimum atomic E-state index is 0.636. The zero-order valence-electron chi connectivity index (χ0n) is 8.97. The molecule has 2 atom stereocenters. The van der Waals surface area contributed by atoms with Gasteiger partial charge in [-0.3, -0.25) is 0 Å². The Morgan fingerprint density at radius 2 is 2.14 bits per heavy atom. The monoisotopic (exact) mass is 209 g/mol. The number of aromatic nitrogens is 1. The van der Waals surface area contributed by atoms with Crippen LogP contribution >= 0.6 is 11.6 Å². The fourth-order valence-corrected chi connectivity index (χ4v) is 2.54. The molecule has 0 saturated heterocycles. The number of hydrogen-bond donors (Lipinski definition) is 0. The zero-order chi connectivity index (χ0) is 10.3. The van der Waals surface area contributed by atoms with E-state index in [-0.39, 0.29) is 0 Å². The summed E-state index contributed by atoms with van der Waals surface area (Å²) in [4.78, 5) is 4.48. The highest BCUT2D eigenvalue weighted by molar-refractivity contribution is 6.30. The largest absolute Gasteiger partial charge is 0.241 e. The highest BCUT2D eigenvalue weighted by Gasteiger charge is 2.23. The molecular weight excluding hydrogens is 194 g/mol. The minimum absolute atomic E-state index is 0.636. The van der Waals surface area contributed by atoms with Crippen LogP contribution in [-0.2, 0) is 6.42 Å². The zero-order valence-corrected chi connectivity index (χ0v) is 9.73. The number of rotatable bonds is 0. The van der Waals surface area contributed by atoms with Gasteiger partial charge >= 0.3 is 0 Å². The lowest BCUT2D eigenvalue weighted by Crippen LogP contribution is -2.16. The summed E-state index contributed by atoms with van der Waals surface area (Å²) in [7, 11) is 0. The quantitative estimate of drug-likeness (QED) is 0.594. The Labute approximate surface area is 90.5 Å². The summed E-state index contributed by atoms with van der Waals surface area (Å²) >= 11 is 6.03. The molecule has 0 bridgehead atoms. The Kier molecular flexibility index (Phi) is 2.52. The van der Waals surface area contributed by atoms with E-state index in [2.05, 4.69) is 24.9 Å². The summed E-state index contributed by atoms with van der Waals surface area (Å²) in [6.45, 7) is 6.60. The van der Waals surface area contributed by atoms with Crippen LogP contribution in [0.3, 0.4) is 0 Å². The number of fused-ring (bicyclic) bond motifs is 1. The third-order valence-electron chi connectivity index (χ3n) is 3.09. The van der Waals surface area contributed by atoms with Gasteiger partial charge in [-0.2, -0.15) is 0 Å². The van der Waals surface area contributed by atoms with E-state index < -0.39 is 0 Å². The molecule has 0 aromatic carbocycles. The van der Waals surface area contributed by atoms with Crippen molar-refractivity contribution in [2.75, 3.05) is 0 Å². The summed E-state index contributed by atoms with van der Waals surface area (Å²) in [5.41, 5.74) is 3.73. The van der Waals surface area contributed by atoms with E-state index in [9.17, 15) is 0 Å². The van der Waals surface area contributed by atoms with E-state index >= 15 is 0 Å². The lowest BCUT2D eigenvalue weighted by Gasteiger charge is -2.26. The second-order valence-electron chi connectivity index (χ2n) is 4.58. The fraction of sp³-hybridized carbons (Fsp3) is 0.583. The SMILES string of the molecule is Cc1cc2c(nc1Cl)CC(C)CC2C. The van der Waals surface area contributed by atoms with Gasteiger partial charge in [0.2, 0.25) is 0 Å². The Bertz CT molecular complexity index is 360. The number of nitrogens with zero attached hydrogens (tertiary/aromatic N) is 1. The number of halogens is 1. The van der Waals surface area contributed by atoms with Crippen LogP contribution in [0.4, 0.5) is 0 Å². The number of hydrogen-bond acceptors (Lipinski definition) is 1. The van der Waals surface area contributed by atoms with Crippen LogP contribution in [0.5, 0.6) is 0 Å². The molecule has 0 fully saturated rings. The third kappa shape index (κ3) is 1.66. The highest BCUT2D eigenvalue weighted by Crippen LogP contribution is 2.34. The van der Waals surface area contributed by atoms with Gasteiger partial charge in [0.15, 0.2) is 0 Å². The van der Waals surface area contributed by atoms with E-state index in [0.717, 1.165) is 17.9 Å². The molecule has 1 nitrogen and oxygen atoms in total. The van der Waals surface area contributed by atoms with Gasteiger partial charge in [0.1, 0.15) is 5.15 Å². The van der Waals surface area contributed by atoms with Gasteiger partial charge in [0.25, 0.3) is 0 Å². The van der Waals surface area contributed by atoms with Crippen molar-refractivity contribution >= 4 is 11.6 Å². The molecule has 1 aromatic rings. The molecule has 0 radical (unpaired) electrons. The van der Waals surface area contributed by atoms with Crippen molar-refractivity contribution < 1.29 is 0 Å². The van der Waals surface area contributed by atoms with Crippen molar-refractivity contribution in [3.63, 3.8) is 0 Å². The molecule has 0 amide bonds. The van der Waals surface area contributed by atoms with Crippen LogP contribution < -0.4 is 0 Å². The summed E-state index contributed by atoms with van der Waals surface area (Å²) < 4.78 is 0. The maximum Gasteiger partial charge on any atom is 0.132 e. The molecule has 1 heterocycles. The van der Waals surface area contributed by atoms with Crippen molar-refractivity contribution in [2.45, 2.75) is 39.5 Å². The Hall–Kier alpha value is -0.560.